The van der Waals surface area contributed by atoms with Crippen LogP contribution in [-0.2, 0) is 11.3 Å². The highest BCUT2D eigenvalue weighted by Gasteiger charge is 2.51. The van der Waals surface area contributed by atoms with Crippen molar-refractivity contribution in [2.75, 3.05) is 4.90 Å². The van der Waals surface area contributed by atoms with Gasteiger partial charge in [-0.05, 0) is 32.0 Å². The van der Waals surface area contributed by atoms with E-state index in [1.54, 1.807) is 31.2 Å². The minimum atomic E-state index is -4.00. The van der Waals surface area contributed by atoms with Crippen molar-refractivity contribution in [3.05, 3.63) is 53.3 Å². The molecule has 0 saturated carbocycles. The standard InChI is InChI=1S/C17H16F2N2O3/c1-10-5-3-6-12(20-10)9-21-14-8-4-7-13(11(2)22)15(14)24-17(18,19)16(21)23/h3-8,11,22H,9H2,1-2H3. The molecule has 0 spiro atoms. The summed E-state index contributed by atoms with van der Waals surface area (Å²) in [5.41, 5.74) is 1.59. The second kappa shape index (κ2) is 5.83. The van der Waals surface area contributed by atoms with E-state index in [0.29, 0.717) is 5.69 Å². The Hall–Kier alpha value is -2.54. The summed E-state index contributed by atoms with van der Waals surface area (Å²) in [6, 6.07) is 9.75. The zero-order valence-corrected chi connectivity index (χ0v) is 13.2. The van der Waals surface area contributed by atoms with E-state index in [9.17, 15) is 18.7 Å². The maximum Gasteiger partial charge on any atom is 0.483 e. The first-order valence-corrected chi connectivity index (χ1v) is 7.42. The first kappa shape index (κ1) is 16.3. The number of aliphatic hydroxyl groups excluding tert-OH is 1. The van der Waals surface area contributed by atoms with Gasteiger partial charge in [-0.1, -0.05) is 18.2 Å². The molecule has 5 nitrogen and oxygen atoms in total. The number of alkyl halides is 2. The molecule has 1 unspecified atom stereocenters. The van der Waals surface area contributed by atoms with Crippen LogP contribution in [0.25, 0.3) is 0 Å². The van der Waals surface area contributed by atoms with Crippen molar-refractivity contribution in [2.45, 2.75) is 32.6 Å². The predicted molar refractivity (Wildman–Crippen MR) is 82.8 cm³/mol. The summed E-state index contributed by atoms with van der Waals surface area (Å²) in [7, 11) is 0. The van der Waals surface area contributed by atoms with Crippen molar-refractivity contribution in [3.8, 4) is 5.75 Å². The molecule has 3 rings (SSSR count). The first-order valence-electron chi connectivity index (χ1n) is 7.42. The normalized spacial score (nSPS) is 17.2. The second-order valence-electron chi connectivity index (χ2n) is 5.65. The second-order valence-corrected chi connectivity index (χ2v) is 5.65. The summed E-state index contributed by atoms with van der Waals surface area (Å²) in [4.78, 5) is 17.3. The van der Waals surface area contributed by atoms with Gasteiger partial charge in [0.25, 0.3) is 0 Å². The lowest BCUT2D eigenvalue weighted by Crippen LogP contribution is -2.50. The monoisotopic (exact) mass is 334 g/mol. The van der Waals surface area contributed by atoms with Gasteiger partial charge in [-0.15, -0.1) is 0 Å². The number of carbonyl (C=O) groups is 1. The van der Waals surface area contributed by atoms with Crippen molar-refractivity contribution in [2.24, 2.45) is 0 Å². The number of benzene rings is 1. The molecule has 0 radical (unpaired) electrons. The van der Waals surface area contributed by atoms with E-state index in [-0.39, 0.29) is 23.5 Å². The smallest absolute Gasteiger partial charge is 0.423 e. The van der Waals surface area contributed by atoms with E-state index in [1.165, 1.54) is 19.1 Å². The Labute approximate surface area is 137 Å². The van der Waals surface area contributed by atoms with Gasteiger partial charge in [0.15, 0.2) is 5.75 Å². The molecule has 1 aliphatic heterocycles. The molecule has 1 N–H and O–H groups in total. The van der Waals surface area contributed by atoms with Crippen LogP contribution in [0.3, 0.4) is 0 Å². The lowest BCUT2D eigenvalue weighted by molar-refractivity contribution is -0.193. The summed E-state index contributed by atoms with van der Waals surface area (Å²) in [6.07, 6.45) is -5.01. The number of carbonyl (C=O) groups excluding carboxylic acids is 1. The van der Waals surface area contributed by atoms with E-state index in [1.807, 2.05) is 0 Å². The highest BCUT2D eigenvalue weighted by Crippen LogP contribution is 2.44. The van der Waals surface area contributed by atoms with Gasteiger partial charge in [0, 0.05) is 11.3 Å². The van der Waals surface area contributed by atoms with Gasteiger partial charge in [-0.2, -0.15) is 8.78 Å². The molecule has 1 amide bonds. The molecule has 1 aromatic carbocycles. The Balaban J connectivity index is 2.09. The topological polar surface area (TPSA) is 62.7 Å². The van der Waals surface area contributed by atoms with E-state index in [2.05, 4.69) is 9.72 Å². The number of rotatable bonds is 3. The van der Waals surface area contributed by atoms with Crippen molar-refractivity contribution < 1.29 is 23.4 Å². The Morgan fingerprint density at radius 3 is 2.67 bits per heavy atom. The molecule has 2 aromatic rings. The lowest BCUT2D eigenvalue weighted by Gasteiger charge is -2.34. The molecular weight excluding hydrogens is 318 g/mol. The summed E-state index contributed by atoms with van der Waals surface area (Å²) < 4.78 is 32.7. The van der Waals surface area contributed by atoms with Gasteiger partial charge in [0.2, 0.25) is 0 Å². The molecule has 0 aliphatic carbocycles. The lowest BCUT2D eigenvalue weighted by atomic mass is 10.1. The summed E-state index contributed by atoms with van der Waals surface area (Å²) in [5, 5.41) is 9.79. The van der Waals surface area contributed by atoms with Gasteiger partial charge >= 0.3 is 12.0 Å². The number of nitrogens with zero attached hydrogens (tertiary/aromatic N) is 2. The third-order valence-electron chi connectivity index (χ3n) is 3.76. The number of aromatic nitrogens is 1. The van der Waals surface area contributed by atoms with Crippen molar-refractivity contribution in [1.29, 1.82) is 0 Å². The minimum absolute atomic E-state index is 0.115. The molecule has 1 atom stereocenters. The summed E-state index contributed by atoms with van der Waals surface area (Å²) in [6.45, 7) is 3.11. The number of ether oxygens (including phenoxy) is 1. The summed E-state index contributed by atoms with van der Waals surface area (Å²) in [5.74, 6) is -1.65. The van der Waals surface area contributed by atoms with Crippen LogP contribution in [0.5, 0.6) is 5.75 Å². The number of para-hydroxylation sites is 1. The number of aliphatic hydroxyl groups is 1. The minimum Gasteiger partial charge on any atom is -0.423 e. The zero-order chi connectivity index (χ0) is 17.5. The van der Waals surface area contributed by atoms with Crippen LogP contribution >= 0.6 is 0 Å². The highest BCUT2D eigenvalue weighted by atomic mass is 19.3. The average molecular weight is 334 g/mol. The molecule has 0 fully saturated rings. The van der Waals surface area contributed by atoms with Crippen molar-refractivity contribution in [1.82, 2.24) is 4.98 Å². The molecule has 2 heterocycles. The molecule has 1 aliphatic rings. The van der Waals surface area contributed by atoms with Gasteiger partial charge in [-0.3, -0.25) is 14.7 Å². The number of hydrogen-bond donors (Lipinski definition) is 1. The highest BCUT2D eigenvalue weighted by molar-refractivity contribution is 6.01. The number of pyridine rings is 1. The van der Waals surface area contributed by atoms with Crippen LogP contribution in [0, 0.1) is 6.92 Å². The third-order valence-corrected chi connectivity index (χ3v) is 3.76. The first-order chi connectivity index (χ1) is 11.3. The maximum absolute atomic E-state index is 14.0. The number of amides is 1. The SMILES string of the molecule is Cc1cccc(CN2C(=O)C(F)(F)Oc3c(C(C)O)cccc32)n1. The number of anilines is 1. The molecule has 126 valence electrons. The van der Waals surface area contributed by atoms with E-state index >= 15 is 0 Å². The van der Waals surface area contributed by atoms with Crippen LogP contribution in [0.1, 0.15) is 30.0 Å². The quantitative estimate of drug-likeness (QED) is 0.937. The van der Waals surface area contributed by atoms with Crippen LogP contribution < -0.4 is 9.64 Å². The Morgan fingerprint density at radius 2 is 2.00 bits per heavy atom. The van der Waals surface area contributed by atoms with Crippen LogP contribution in [-0.4, -0.2) is 22.1 Å². The molecule has 1 aromatic heterocycles. The van der Waals surface area contributed by atoms with Gasteiger partial charge < -0.3 is 9.84 Å². The molecule has 7 heteroatoms. The fourth-order valence-corrected chi connectivity index (χ4v) is 2.64. The average Bonchev–Trinajstić information content (AvgIpc) is 2.51. The van der Waals surface area contributed by atoms with Gasteiger partial charge in [0.1, 0.15) is 0 Å². The van der Waals surface area contributed by atoms with Crippen molar-refractivity contribution >= 4 is 11.6 Å². The van der Waals surface area contributed by atoms with Crippen molar-refractivity contribution in [3.63, 3.8) is 0 Å². The third kappa shape index (κ3) is 2.82. The van der Waals surface area contributed by atoms with E-state index in [0.717, 1.165) is 10.6 Å². The maximum atomic E-state index is 14.0. The number of aryl methyl sites for hydroxylation is 1. The van der Waals surface area contributed by atoms with Crippen LogP contribution in [0.2, 0.25) is 0 Å². The zero-order valence-electron chi connectivity index (χ0n) is 13.2. The van der Waals surface area contributed by atoms with Gasteiger partial charge in [0.05, 0.1) is 24.0 Å². The Morgan fingerprint density at radius 1 is 1.29 bits per heavy atom. The van der Waals surface area contributed by atoms with Crippen LogP contribution in [0.15, 0.2) is 36.4 Å². The molecule has 24 heavy (non-hydrogen) atoms. The largest absolute Gasteiger partial charge is 0.483 e. The fraction of sp³-hybridized carbons (Fsp3) is 0.294. The summed E-state index contributed by atoms with van der Waals surface area (Å²) >= 11 is 0. The molecule has 0 saturated heterocycles. The van der Waals surface area contributed by atoms with E-state index in [4.69, 9.17) is 0 Å². The molecule has 0 bridgehead atoms. The number of hydrogen-bond acceptors (Lipinski definition) is 4. The van der Waals surface area contributed by atoms with Crippen LogP contribution in [0.4, 0.5) is 14.5 Å². The Kier molecular flexibility index (Phi) is 3.96. The fourth-order valence-electron chi connectivity index (χ4n) is 2.64. The predicted octanol–water partition coefficient (Wildman–Crippen LogP) is 2.96. The van der Waals surface area contributed by atoms with E-state index < -0.39 is 18.1 Å². The Bertz CT molecular complexity index is 793. The number of fused-ring (bicyclic) bond motifs is 1. The molecular formula is C17H16F2N2O3. The van der Waals surface area contributed by atoms with Gasteiger partial charge in [-0.25, -0.2) is 0 Å². The number of halogens is 2.